The number of aromatic nitrogens is 3. The van der Waals surface area contributed by atoms with Crippen LogP contribution in [0.5, 0.6) is 0 Å². The van der Waals surface area contributed by atoms with Crippen LogP contribution in [0, 0.1) is 0 Å². The first-order valence-corrected chi connectivity index (χ1v) is 7.81. The lowest BCUT2D eigenvalue weighted by atomic mass is 10.2. The van der Waals surface area contributed by atoms with Crippen molar-refractivity contribution in [2.75, 3.05) is 5.32 Å². The summed E-state index contributed by atoms with van der Waals surface area (Å²) >= 11 is 4.79. The number of amides is 1. The number of hydrogen-bond donors (Lipinski definition) is 1. The van der Waals surface area contributed by atoms with E-state index in [-0.39, 0.29) is 5.91 Å². The largest absolute Gasteiger partial charge is 0.296 e. The Kier molecular flexibility index (Phi) is 3.85. The predicted molar refractivity (Wildman–Crippen MR) is 86.4 cm³/mol. The molecular weight excluding hydrogens is 352 g/mol. The molecule has 0 spiro atoms. The number of anilines is 1. The Balaban J connectivity index is 1.76. The average molecular weight is 363 g/mol. The lowest BCUT2D eigenvalue weighted by Gasteiger charge is -1.98. The molecule has 106 valence electrons. The summed E-state index contributed by atoms with van der Waals surface area (Å²) in [5.74, 6) is -0.257. The zero-order valence-corrected chi connectivity index (χ0v) is 13.5. The van der Waals surface area contributed by atoms with Gasteiger partial charge in [-0.3, -0.25) is 14.8 Å². The lowest BCUT2D eigenvalue weighted by molar-refractivity contribution is 0.102. The van der Waals surface area contributed by atoms with Crippen LogP contribution in [0.3, 0.4) is 0 Å². The minimum absolute atomic E-state index is 0.257. The van der Waals surface area contributed by atoms with Gasteiger partial charge in [-0.25, -0.2) is 4.98 Å². The molecule has 0 saturated carbocycles. The second-order valence-corrected chi connectivity index (χ2v) is 6.15. The number of rotatable bonds is 3. The molecule has 0 aliphatic rings. The maximum absolute atomic E-state index is 12.0. The topological polar surface area (TPSA) is 59.8 Å². The summed E-state index contributed by atoms with van der Waals surface area (Å²) in [7, 11) is 1.77. The third-order valence-electron chi connectivity index (χ3n) is 2.81. The Morgan fingerprint density at radius 3 is 2.71 bits per heavy atom. The van der Waals surface area contributed by atoms with Crippen molar-refractivity contribution in [1.82, 2.24) is 14.8 Å². The fraction of sp³-hybridized carbons (Fsp3) is 0.0714. The van der Waals surface area contributed by atoms with Crippen LogP contribution >= 0.6 is 27.3 Å². The van der Waals surface area contributed by atoms with Gasteiger partial charge in [-0.2, -0.15) is 5.10 Å². The van der Waals surface area contributed by atoms with Gasteiger partial charge in [0.05, 0.1) is 5.69 Å². The molecule has 0 fully saturated rings. The highest BCUT2D eigenvalue weighted by molar-refractivity contribution is 9.10. The van der Waals surface area contributed by atoms with Crippen LogP contribution in [0.25, 0.3) is 11.3 Å². The highest BCUT2D eigenvalue weighted by atomic mass is 79.9. The van der Waals surface area contributed by atoms with Crippen LogP contribution in [0.15, 0.2) is 46.4 Å². The van der Waals surface area contributed by atoms with Gasteiger partial charge in [-0.15, -0.1) is 11.3 Å². The molecule has 5 nitrogen and oxygen atoms in total. The van der Waals surface area contributed by atoms with E-state index in [1.165, 1.54) is 11.3 Å². The Labute approximate surface area is 133 Å². The first-order chi connectivity index (χ1) is 10.1. The third kappa shape index (κ3) is 3.20. The molecule has 0 bridgehead atoms. The molecule has 0 radical (unpaired) electrons. The highest BCUT2D eigenvalue weighted by Gasteiger charge is 2.12. The van der Waals surface area contributed by atoms with Crippen LogP contribution in [0.4, 0.5) is 5.13 Å². The number of hydrogen-bond acceptors (Lipinski definition) is 4. The number of benzene rings is 1. The molecule has 3 aromatic rings. The van der Waals surface area contributed by atoms with Crippen molar-refractivity contribution in [3.05, 3.63) is 52.1 Å². The Morgan fingerprint density at radius 1 is 1.29 bits per heavy atom. The van der Waals surface area contributed by atoms with Gasteiger partial charge in [0.15, 0.2) is 10.8 Å². The fourth-order valence-corrected chi connectivity index (χ4v) is 2.76. The Bertz CT molecular complexity index is 778. The van der Waals surface area contributed by atoms with Gasteiger partial charge < -0.3 is 0 Å². The third-order valence-corrected chi connectivity index (χ3v) is 4.10. The van der Waals surface area contributed by atoms with E-state index in [9.17, 15) is 4.79 Å². The van der Waals surface area contributed by atoms with E-state index in [1.807, 2.05) is 29.6 Å². The summed E-state index contributed by atoms with van der Waals surface area (Å²) in [6.07, 6.45) is 1.73. The van der Waals surface area contributed by atoms with E-state index in [4.69, 9.17) is 0 Å². The van der Waals surface area contributed by atoms with E-state index in [0.717, 1.165) is 15.7 Å². The lowest BCUT2D eigenvalue weighted by Crippen LogP contribution is -2.12. The van der Waals surface area contributed by atoms with Gasteiger partial charge in [0, 0.05) is 28.7 Å². The summed E-state index contributed by atoms with van der Waals surface area (Å²) in [5, 5.41) is 9.29. The van der Waals surface area contributed by atoms with E-state index in [2.05, 4.69) is 31.3 Å². The molecule has 2 heterocycles. The molecule has 0 aliphatic heterocycles. The maximum Gasteiger partial charge on any atom is 0.277 e. The number of carbonyl (C=O) groups excluding carboxylic acids is 1. The van der Waals surface area contributed by atoms with E-state index in [0.29, 0.717) is 10.8 Å². The Morgan fingerprint density at radius 2 is 2.05 bits per heavy atom. The number of nitrogens with one attached hydrogen (secondary N) is 1. The van der Waals surface area contributed by atoms with Crippen molar-refractivity contribution in [3.8, 4) is 11.3 Å². The smallest absolute Gasteiger partial charge is 0.277 e. The SMILES string of the molecule is Cn1ccc(C(=O)Nc2nc(-c3ccc(Br)cc3)cs2)n1. The van der Waals surface area contributed by atoms with Crippen molar-refractivity contribution in [3.63, 3.8) is 0 Å². The van der Waals surface area contributed by atoms with Gasteiger partial charge in [-0.05, 0) is 18.2 Å². The quantitative estimate of drug-likeness (QED) is 0.774. The second-order valence-electron chi connectivity index (χ2n) is 4.37. The molecule has 0 aliphatic carbocycles. The van der Waals surface area contributed by atoms with Crippen molar-refractivity contribution < 1.29 is 4.79 Å². The van der Waals surface area contributed by atoms with Crippen LogP contribution in [-0.2, 0) is 7.05 Å². The van der Waals surface area contributed by atoms with Crippen molar-refractivity contribution in [2.45, 2.75) is 0 Å². The van der Waals surface area contributed by atoms with E-state index >= 15 is 0 Å². The van der Waals surface area contributed by atoms with E-state index < -0.39 is 0 Å². The van der Waals surface area contributed by atoms with Gasteiger partial charge >= 0.3 is 0 Å². The molecule has 7 heteroatoms. The van der Waals surface area contributed by atoms with E-state index in [1.54, 1.807) is 24.0 Å². The first kappa shape index (κ1) is 14.0. The van der Waals surface area contributed by atoms with Gasteiger partial charge in [-0.1, -0.05) is 28.1 Å². The molecule has 3 rings (SSSR count). The average Bonchev–Trinajstić information content (AvgIpc) is 3.09. The molecule has 1 aromatic carbocycles. The van der Waals surface area contributed by atoms with Crippen LogP contribution in [0.1, 0.15) is 10.5 Å². The van der Waals surface area contributed by atoms with Gasteiger partial charge in [0.1, 0.15) is 0 Å². The summed E-state index contributed by atoms with van der Waals surface area (Å²) < 4.78 is 2.61. The molecular formula is C14H11BrN4OS. The molecule has 0 unspecified atom stereocenters. The predicted octanol–water partition coefficient (Wildman–Crippen LogP) is 3.56. The molecule has 21 heavy (non-hydrogen) atoms. The van der Waals surface area contributed by atoms with Crippen molar-refractivity contribution >= 4 is 38.3 Å². The number of carbonyl (C=O) groups is 1. The zero-order valence-electron chi connectivity index (χ0n) is 11.1. The van der Waals surface area contributed by atoms with Gasteiger partial charge in [0.25, 0.3) is 5.91 Å². The first-order valence-electron chi connectivity index (χ1n) is 6.14. The van der Waals surface area contributed by atoms with Crippen LogP contribution in [0.2, 0.25) is 0 Å². The molecule has 1 amide bonds. The molecule has 1 N–H and O–H groups in total. The van der Waals surface area contributed by atoms with Crippen molar-refractivity contribution in [1.29, 1.82) is 0 Å². The molecule has 0 atom stereocenters. The van der Waals surface area contributed by atoms with Crippen molar-refractivity contribution in [2.24, 2.45) is 7.05 Å². The minimum atomic E-state index is -0.257. The zero-order chi connectivity index (χ0) is 14.8. The summed E-state index contributed by atoms with van der Waals surface area (Å²) in [4.78, 5) is 16.4. The number of aryl methyl sites for hydroxylation is 1. The maximum atomic E-state index is 12.0. The minimum Gasteiger partial charge on any atom is -0.296 e. The second kappa shape index (κ2) is 5.79. The summed E-state index contributed by atoms with van der Waals surface area (Å²) in [6.45, 7) is 0. The van der Waals surface area contributed by atoms with Gasteiger partial charge in [0.2, 0.25) is 0 Å². The highest BCUT2D eigenvalue weighted by Crippen LogP contribution is 2.26. The monoisotopic (exact) mass is 362 g/mol. The molecule has 2 aromatic heterocycles. The number of halogens is 1. The fourth-order valence-electron chi connectivity index (χ4n) is 1.78. The number of thiazole rings is 1. The standard InChI is InChI=1S/C14H11BrN4OS/c1-19-7-6-11(18-19)13(20)17-14-16-12(8-21-14)9-2-4-10(15)5-3-9/h2-8H,1H3,(H,16,17,20). The molecule has 0 saturated heterocycles. The summed E-state index contributed by atoms with van der Waals surface area (Å²) in [5.41, 5.74) is 2.22. The normalized spacial score (nSPS) is 10.6. The number of nitrogens with zero attached hydrogens (tertiary/aromatic N) is 3. The van der Waals surface area contributed by atoms with Crippen LogP contribution < -0.4 is 5.32 Å². The summed E-state index contributed by atoms with van der Waals surface area (Å²) in [6, 6.07) is 9.53. The van der Waals surface area contributed by atoms with Crippen LogP contribution in [-0.4, -0.2) is 20.7 Å². The Hall–Kier alpha value is -1.99.